The van der Waals surface area contributed by atoms with Crippen LogP contribution in [0.4, 0.5) is 5.69 Å². The highest BCUT2D eigenvalue weighted by molar-refractivity contribution is 14.1. The number of amides is 1. The van der Waals surface area contributed by atoms with E-state index in [1.54, 1.807) is 13.8 Å². The van der Waals surface area contributed by atoms with Gasteiger partial charge < -0.3 is 10.0 Å². The molecule has 0 heterocycles. The quantitative estimate of drug-likeness (QED) is 0.470. The number of halogens is 1. The third kappa shape index (κ3) is 3.89. The summed E-state index contributed by atoms with van der Waals surface area (Å²) in [6, 6.07) is 3.61. The van der Waals surface area contributed by atoms with Crippen LogP contribution in [0.5, 0.6) is 0 Å². The topological polar surface area (TPSA) is 101 Å². The Hall–Kier alpha value is -1.71. The van der Waals surface area contributed by atoms with Gasteiger partial charge in [0.05, 0.1) is 10.5 Å². The van der Waals surface area contributed by atoms with Crippen LogP contribution in [0.2, 0.25) is 0 Å². The molecule has 0 atom stereocenters. The fourth-order valence-electron chi connectivity index (χ4n) is 1.58. The summed E-state index contributed by atoms with van der Waals surface area (Å²) in [7, 11) is 0. The van der Waals surface area contributed by atoms with Crippen LogP contribution in [-0.4, -0.2) is 39.4 Å². The molecule has 20 heavy (non-hydrogen) atoms. The second-order valence-electron chi connectivity index (χ2n) is 4.34. The summed E-state index contributed by atoms with van der Waals surface area (Å²) in [4.78, 5) is 34.5. The highest BCUT2D eigenvalue weighted by Gasteiger charge is 2.24. The molecule has 0 saturated heterocycles. The minimum Gasteiger partial charge on any atom is -0.480 e. The Kier molecular flexibility index (Phi) is 5.43. The predicted octanol–water partition coefficient (Wildman–Crippen LogP) is 2.13. The summed E-state index contributed by atoms with van der Waals surface area (Å²) in [5.74, 6) is -1.66. The number of rotatable bonds is 5. The van der Waals surface area contributed by atoms with Crippen molar-refractivity contribution < 1.29 is 19.6 Å². The fourth-order valence-corrected chi connectivity index (χ4v) is 2.15. The molecule has 0 saturated carbocycles. The van der Waals surface area contributed by atoms with Crippen LogP contribution in [-0.2, 0) is 4.79 Å². The molecule has 0 aliphatic heterocycles. The molecule has 1 rings (SSSR count). The molecule has 0 aliphatic carbocycles. The lowest BCUT2D eigenvalue weighted by atomic mass is 10.1. The molecule has 0 aromatic heterocycles. The summed E-state index contributed by atoms with van der Waals surface area (Å²) < 4.78 is 0.536. The molecule has 0 unspecified atom stereocenters. The average Bonchev–Trinajstić information content (AvgIpc) is 2.34. The molecule has 0 spiro atoms. The van der Waals surface area contributed by atoms with Crippen molar-refractivity contribution in [2.75, 3.05) is 6.54 Å². The zero-order chi connectivity index (χ0) is 15.4. The van der Waals surface area contributed by atoms with E-state index in [1.165, 1.54) is 18.2 Å². The lowest BCUT2D eigenvalue weighted by molar-refractivity contribution is -0.384. The second kappa shape index (κ2) is 6.64. The molecule has 1 N–H and O–H groups in total. The number of benzene rings is 1. The molecular formula is C12H13IN2O5. The standard InChI is InChI=1S/C12H13IN2O5/c1-7(2)14(6-11(16)17)12(18)9-5-8(15(19)20)3-4-10(9)13/h3-5,7H,6H2,1-2H3,(H,16,17). The summed E-state index contributed by atoms with van der Waals surface area (Å²) in [5.41, 5.74) is -0.0671. The zero-order valence-electron chi connectivity index (χ0n) is 10.9. The summed E-state index contributed by atoms with van der Waals surface area (Å²) in [6.07, 6.45) is 0. The van der Waals surface area contributed by atoms with E-state index in [0.29, 0.717) is 3.57 Å². The summed E-state index contributed by atoms with van der Waals surface area (Å²) in [5, 5.41) is 19.6. The lowest BCUT2D eigenvalue weighted by Gasteiger charge is -2.25. The van der Waals surface area contributed by atoms with Gasteiger partial charge in [-0.05, 0) is 42.5 Å². The van der Waals surface area contributed by atoms with Gasteiger partial charge in [0.1, 0.15) is 6.54 Å². The highest BCUT2D eigenvalue weighted by Crippen LogP contribution is 2.21. The van der Waals surface area contributed by atoms with Gasteiger partial charge in [-0.25, -0.2) is 0 Å². The minimum atomic E-state index is -1.13. The monoisotopic (exact) mass is 392 g/mol. The number of nitro benzene ring substituents is 1. The van der Waals surface area contributed by atoms with Crippen molar-refractivity contribution in [3.05, 3.63) is 37.4 Å². The van der Waals surface area contributed by atoms with Gasteiger partial charge in [-0.2, -0.15) is 0 Å². The SMILES string of the molecule is CC(C)N(CC(=O)O)C(=O)c1cc([N+](=O)[O-])ccc1I. The van der Waals surface area contributed by atoms with Crippen molar-refractivity contribution in [2.24, 2.45) is 0 Å². The Balaban J connectivity index is 3.20. The van der Waals surface area contributed by atoms with E-state index in [2.05, 4.69) is 0 Å². The van der Waals surface area contributed by atoms with Gasteiger partial charge in [-0.1, -0.05) is 0 Å². The summed E-state index contributed by atoms with van der Waals surface area (Å²) >= 11 is 1.89. The number of nitrogens with zero attached hydrogens (tertiary/aromatic N) is 2. The molecule has 0 aliphatic rings. The number of nitro groups is 1. The maximum Gasteiger partial charge on any atom is 0.323 e. The lowest BCUT2D eigenvalue weighted by Crippen LogP contribution is -2.41. The van der Waals surface area contributed by atoms with Crippen LogP contribution >= 0.6 is 22.6 Å². The van der Waals surface area contributed by atoms with E-state index in [4.69, 9.17) is 5.11 Å². The van der Waals surface area contributed by atoms with Gasteiger partial charge in [0.15, 0.2) is 0 Å². The van der Waals surface area contributed by atoms with Crippen LogP contribution < -0.4 is 0 Å². The van der Waals surface area contributed by atoms with Gasteiger partial charge in [-0.15, -0.1) is 0 Å². The molecule has 8 heteroatoms. The molecule has 7 nitrogen and oxygen atoms in total. The first-order chi connectivity index (χ1) is 9.23. The Bertz CT molecular complexity index is 559. The van der Waals surface area contributed by atoms with Gasteiger partial charge in [0, 0.05) is 21.7 Å². The Labute approximate surface area is 128 Å². The van der Waals surface area contributed by atoms with Crippen LogP contribution in [0.3, 0.4) is 0 Å². The Morgan fingerprint density at radius 1 is 1.45 bits per heavy atom. The van der Waals surface area contributed by atoms with Crippen molar-refractivity contribution in [3.8, 4) is 0 Å². The molecule has 0 radical (unpaired) electrons. The highest BCUT2D eigenvalue weighted by atomic mass is 127. The Morgan fingerprint density at radius 3 is 2.50 bits per heavy atom. The molecule has 1 aromatic rings. The number of carbonyl (C=O) groups excluding carboxylic acids is 1. The normalized spacial score (nSPS) is 10.4. The van der Waals surface area contributed by atoms with E-state index in [9.17, 15) is 19.7 Å². The van der Waals surface area contributed by atoms with Crippen molar-refractivity contribution in [2.45, 2.75) is 19.9 Å². The first-order valence-electron chi connectivity index (χ1n) is 5.70. The first kappa shape index (κ1) is 16.3. The zero-order valence-corrected chi connectivity index (χ0v) is 13.0. The van der Waals surface area contributed by atoms with Crippen molar-refractivity contribution in [1.29, 1.82) is 0 Å². The van der Waals surface area contributed by atoms with Crippen molar-refractivity contribution >= 4 is 40.2 Å². The number of carbonyl (C=O) groups is 2. The predicted molar refractivity (Wildman–Crippen MR) is 79.6 cm³/mol. The number of hydrogen-bond donors (Lipinski definition) is 1. The number of carboxylic acids is 1. The molecule has 1 aromatic carbocycles. The molecule has 108 valence electrons. The van der Waals surface area contributed by atoms with Crippen molar-refractivity contribution in [1.82, 2.24) is 4.90 Å². The maximum atomic E-state index is 12.4. The third-order valence-electron chi connectivity index (χ3n) is 2.58. The smallest absolute Gasteiger partial charge is 0.323 e. The minimum absolute atomic E-state index is 0.134. The van der Waals surface area contributed by atoms with Gasteiger partial charge in [-0.3, -0.25) is 19.7 Å². The van der Waals surface area contributed by atoms with Crippen LogP contribution in [0.15, 0.2) is 18.2 Å². The molecular weight excluding hydrogens is 379 g/mol. The van der Waals surface area contributed by atoms with Gasteiger partial charge in [0.25, 0.3) is 11.6 Å². The first-order valence-corrected chi connectivity index (χ1v) is 6.78. The molecule has 0 fully saturated rings. The fraction of sp³-hybridized carbons (Fsp3) is 0.333. The number of carboxylic acid groups (broad SMARTS) is 1. The summed E-state index contributed by atoms with van der Waals surface area (Å²) in [6.45, 7) is 2.92. The number of aliphatic carboxylic acids is 1. The van der Waals surface area contributed by atoms with Crippen LogP contribution in [0.25, 0.3) is 0 Å². The second-order valence-corrected chi connectivity index (χ2v) is 5.50. The van der Waals surface area contributed by atoms with Crippen molar-refractivity contribution in [3.63, 3.8) is 0 Å². The third-order valence-corrected chi connectivity index (χ3v) is 3.52. The van der Waals surface area contributed by atoms with Crippen LogP contribution in [0.1, 0.15) is 24.2 Å². The maximum absolute atomic E-state index is 12.4. The largest absolute Gasteiger partial charge is 0.480 e. The molecule has 1 amide bonds. The molecule has 0 bridgehead atoms. The van der Waals surface area contributed by atoms with Gasteiger partial charge >= 0.3 is 5.97 Å². The van der Waals surface area contributed by atoms with E-state index in [1.807, 2.05) is 22.6 Å². The number of hydrogen-bond acceptors (Lipinski definition) is 4. The Morgan fingerprint density at radius 2 is 2.05 bits per heavy atom. The van der Waals surface area contributed by atoms with E-state index < -0.39 is 23.3 Å². The van der Waals surface area contributed by atoms with E-state index in [0.717, 1.165) is 4.90 Å². The number of non-ortho nitro benzene ring substituents is 1. The van der Waals surface area contributed by atoms with E-state index >= 15 is 0 Å². The average molecular weight is 392 g/mol. The van der Waals surface area contributed by atoms with E-state index in [-0.39, 0.29) is 17.3 Å². The van der Waals surface area contributed by atoms with Gasteiger partial charge in [0.2, 0.25) is 0 Å². The van der Waals surface area contributed by atoms with Crippen LogP contribution in [0, 0.1) is 13.7 Å².